The lowest BCUT2D eigenvalue weighted by molar-refractivity contribution is 0.0158. The highest BCUT2D eigenvalue weighted by atomic mass is 35.5. The summed E-state index contributed by atoms with van der Waals surface area (Å²) in [6.07, 6.45) is -0.300. The van der Waals surface area contributed by atoms with Crippen LogP contribution in [0, 0.1) is 11.3 Å². The molecule has 0 saturated carbocycles. The summed E-state index contributed by atoms with van der Waals surface area (Å²) in [7, 11) is 0. The van der Waals surface area contributed by atoms with Crippen molar-refractivity contribution in [2.45, 2.75) is 39.3 Å². The predicted octanol–water partition coefficient (Wildman–Crippen LogP) is 3.05. The normalized spacial score (nSPS) is 18.5. The number of anilines is 1. The Kier molecular flexibility index (Phi) is 5.00. The number of hydrogen-bond acceptors (Lipinski definition) is 5. The maximum atomic E-state index is 12.2. The van der Waals surface area contributed by atoms with E-state index in [-0.39, 0.29) is 17.8 Å². The molecular formula is C16H21ClN4O2. The molecular weight excluding hydrogens is 316 g/mol. The van der Waals surface area contributed by atoms with Gasteiger partial charge >= 0.3 is 6.09 Å². The highest BCUT2D eigenvalue weighted by molar-refractivity contribution is 6.31. The second-order valence-corrected chi connectivity index (χ2v) is 6.99. The number of piperazine rings is 1. The maximum Gasteiger partial charge on any atom is 0.410 e. The summed E-state index contributed by atoms with van der Waals surface area (Å²) in [6.45, 7) is 9.33. The van der Waals surface area contributed by atoms with E-state index in [0.29, 0.717) is 30.5 Å². The van der Waals surface area contributed by atoms with Gasteiger partial charge in [-0.2, -0.15) is 5.26 Å². The molecule has 23 heavy (non-hydrogen) atoms. The molecule has 1 aliphatic rings. The van der Waals surface area contributed by atoms with Crippen LogP contribution in [0.3, 0.4) is 0 Å². The van der Waals surface area contributed by atoms with E-state index < -0.39 is 5.60 Å². The van der Waals surface area contributed by atoms with Crippen molar-refractivity contribution < 1.29 is 9.53 Å². The van der Waals surface area contributed by atoms with Gasteiger partial charge in [0.25, 0.3) is 0 Å². The number of carbonyl (C=O) groups excluding carboxylic acids is 1. The van der Waals surface area contributed by atoms with Gasteiger partial charge in [0.2, 0.25) is 0 Å². The molecule has 7 heteroatoms. The summed E-state index contributed by atoms with van der Waals surface area (Å²) in [4.78, 5) is 20.3. The van der Waals surface area contributed by atoms with Gasteiger partial charge in [-0.25, -0.2) is 9.78 Å². The molecule has 0 unspecified atom stereocenters. The van der Waals surface area contributed by atoms with Gasteiger partial charge < -0.3 is 14.5 Å². The smallest absolute Gasteiger partial charge is 0.410 e. The first-order chi connectivity index (χ1) is 10.7. The lowest BCUT2D eigenvalue weighted by atomic mass is 10.2. The zero-order chi connectivity index (χ0) is 17.2. The van der Waals surface area contributed by atoms with E-state index in [4.69, 9.17) is 21.6 Å². The fourth-order valence-corrected chi connectivity index (χ4v) is 2.59. The van der Waals surface area contributed by atoms with E-state index in [9.17, 15) is 4.79 Å². The molecule has 1 aromatic rings. The van der Waals surface area contributed by atoms with Crippen LogP contribution in [0.25, 0.3) is 0 Å². The molecule has 1 amide bonds. The second-order valence-electron chi connectivity index (χ2n) is 6.58. The molecule has 2 heterocycles. The molecule has 1 atom stereocenters. The number of nitriles is 1. The summed E-state index contributed by atoms with van der Waals surface area (Å²) in [6, 6.07) is 5.44. The van der Waals surface area contributed by atoms with E-state index in [1.54, 1.807) is 17.0 Å². The van der Waals surface area contributed by atoms with Gasteiger partial charge in [0.15, 0.2) is 5.69 Å². The minimum atomic E-state index is -0.507. The second kappa shape index (κ2) is 6.63. The molecule has 6 nitrogen and oxygen atoms in total. The average Bonchev–Trinajstić information content (AvgIpc) is 2.45. The SMILES string of the molecule is C[C@@H]1CN(c2ccc(Cl)c(C#N)n2)CCN1C(=O)OC(C)(C)C. The van der Waals surface area contributed by atoms with Crippen LogP contribution in [0.5, 0.6) is 0 Å². The highest BCUT2D eigenvalue weighted by Gasteiger charge is 2.31. The van der Waals surface area contributed by atoms with Crippen molar-refractivity contribution in [2.75, 3.05) is 24.5 Å². The van der Waals surface area contributed by atoms with Gasteiger partial charge in [0, 0.05) is 25.7 Å². The summed E-state index contributed by atoms with van der Waals surface area (Å²) in [5.74, 6) is 0.696. The maximum absolute atomic E-state index is 12.2. The van der Waals surface area contributed by atoms with Gasteiger partial charge in [0.05, 0.1) is 5.02 Å². The molecule has 0 aliphatic carbocycles. The Morgan fingerprint density at radius 3 is 2.70 bits per heavy atom. The highest BCUT2D eigenvalue weighted by Crippen LogP contribution is 2.22. The van der Waals surface area contributed by atoms with Gasteiger partial charge in [-0.15, -0.1) is 0 Å². The molecule has 0 bridgehead atoms. The molecule has 0 N–H and O–H groups in total. The molecule has 0 spiro atoms. The van der Waals surface area contributed by atoms with Crippen molar-refractivity contribution in [3.63, 3.8) is 0 Å². The van der Waals surface area contributed by atoms with Gasteiger partial charge in [0.1, 0.15) is 17.5 Å². The fraction of sp³-hybridized carbons (Fsp3) is 0.562. The van der Waals surface area contributed by atoms with E-state index in [1.807, 2.05) is 38.7 Å². The number of halogens is 1. The summed E-state index contributed by atoms with van der Waals surface area (Å²) < 4.78 is 5.43. The number of amides is 1. The average molecular weight is 337 g/mol. The van der Waals surface area contributed by atoms with Gasteiger partial charge in [-0.1, -0.05) is 11.6 Å². The monoisotopic (exact) mass is 336 g/mol. The molecule has 124 valence electrons. The van der Waals surface area contributed by atoms with Crippen molar-refractivity contribution in [3.05, 3.63) is 22.8 Å². The predicted molar refractivity (Wildman–Crippen MR) is 88.6 cm³/mol. The van der Waals surface area contributed by atoms with E-state index in [0.717, 1.165) is 0 Å². The minimum absolute atomic E-state index is 0.0124. The summed E-state index contributed by atoms with van der Waals surface area (Å²) >= 11 is 5.92. The largest absolute Gasteiger partial charge is 0.444 e. The lowest BCUT2D eigenvalue weighted by Gasteiger charge is -2.40. The number of pyridine rings is 1. The van der Waals surface area contributed by atoms with Crippen LogP contribution in [0.1, 0.15) is 33.4 Å². The zero-order valence-electron chi connectivity index (χ0n) is 13.8. The topological polar surface area (TPSA) is 69.5 Å². The van der Waals surface area contributed by atoms with Crippen LogP contribution in [0.4, 0.5) is 10.6 Å². The van der Waals surface area contributed by atoms with E-state index in [1.165, 1.54) is 0 Å². The fourth-order valence-electron chi connectivity index (χ4n) is 2.44. The van der Waals surface area contributed by atoms with Crippen LogP contribution in [0.2, 0.25) is 5.02 Å². The molecule has 1 aromatic heterocycles. The van der Waals surface area contributed by atoms with E-state index in [2.05, 4.69) is 4.98 Å². The number of carbonyl (C=O) groups is 1. The van der Waals surface area contributed by atoms with Crippen LogP contribution in [-0.4, -0.2) is 47.3 Å². The van der Waals surface area contributed by atoms with Crippen LogP contribution < -0.4 is 4.90 Å². The number of rotatable bonds is 1. The lowest BCUT2D eigenvalue weighted by Crippen LogP contribution is -2.55. The number of nitrogens with zero attached hydrogens (tertiary/aromatic N) is 4. The molecule has 2 rings (SSSR count). The first-order valence-corrected chi connectivity index (χ1v) is 7.90. The third-order valence-electron chi connectivity index (χ3n) is 3.52. The quantitative estimate of drug-likeness (QED) is 0.788. The summed E-state index contributed by atoms with van der Waals surface area (Å²) in [5, 5.41) is 9.38. The summed E-state index contributed by atoms with van der Waals surface area (Å²) in [5.41, 5.74) is -0.292. The van der Waals surface area contributed by atoms with Crippen molar-refractivity contribution in [3.8, 4) is 6.07 Å². The number of aromatic nitrogens is 1. The Morgan fingerprint density at radius 1 is 1.43 bits per heavy atom. The standard InChI is InChI=1S/C16H21ClN4O2/c1-11-10-20(14-6-5-12(17)13(9-18)19-14)7-8-21(11)15(22)23-16(2,3)4/h5-6,11H,7-8,10H2,1-4H3/t11-/m1/s1. The van der Waals surface area contributed by atoms with Crippen molar-refractivity contribution >= 4 is 23.5 Å². The molecule has 0 aromatic carbocycles. The van der Waals surface area contributed by atoms with Crippen LogP contribution >= 0.6 is 11.6 Å². The third kappa shape index (κ3) is 4.26. The van der Waals surface area contributed by atoms with E-state index >= 15 is 0 Å². The Balaban J connectivity index is 2.07. The third-order valence-corrected chi connectivity index (χ3v) is 3.82. The number of hydrogen-bond donors (Lipinski definition) is 0. The first kappa shape index (κ1) is 17.4. The minimum Gasteiger partial charge on any atom is -0.444 e. The Labute approximate surface area is 141 Å². The molecule has 0 radical (unpaired) electrons. The first-order valence-electron chi connectivity index (χ1n) is 7.52. The van der Waals surface area contributed by atoms with Gasteiger partial charge in [-0.3, -0.25) is 0 Å². The van der Waals surface area contributed by atoms with Crippen molar-refractivity contribution in [1.82, 2.24) is 9.88 Å². The molecule has 1 fully saturated rings. The Bertz CT molecular complexity index is 636. The van der Waals surface area contributed by atoms with Crippen molar-refractivity contribution in [1.29, 1.82) is 5.26 Å². The number of ether oxygens (including phenoxy) is 1. The molecule has 1 saturated heterocycles. The van der Waals surface area contributed by atoms with Crippen molar-refractivity contribution in [2.24, 2.45) is 0 Å². The zero-order valence-corrected chi connectivity index (χ0v) is 14.6. The Morgan fingerprint density at radius 2 is 2.13 bits per heavy atom. The Hall–Kier alpha value is -2.00. The van der Waals surface area contributed by atoms with Gasteiger partial charge in [-0.05, 0) is 39.8 Å². The molecule has 1 aliphatic heterocycles. The van der Waals surface area contributed by atoms with Crippen LogP contribution in [-0.2, 0) is 4.74 Å². The van der Waals surface area contributed by atoms with Crippen LogP contribution in [0.15, 0.2) is 12.1 Å².